The maximum atomic E-state index is 12.5. The molecule has 1 saturated carbocycles. The first-order chi connectivity index (χ1) is 12.7. The monoisotopic (exact) mass is 370 g/mol. The number of benzene rings is 1. The highest BCUT2D eigenvalue weighted by atomic mass is 16.7. The van der Waals surface area contributed by atoms with Crippen molar-refractivity contribution >= 4 is 12.6 Å². The second-order valence-corrected chi connectivity index (χ2v) is 8.78. The van der Waals surface area contributed by atoms with E-state index in [2.05, 4.69) is 0 Å². The van der Waals surface area contributed by atoms with Crippen molar-refractivity contribution in [3.8, 4) is 5.88 Å². The Morgan fingerprint density at radius 1 is 1.11 bits per heavy atom. The lowest BCUT2D eigenvalue weighted by molar-refractivity contribution is 0.00578. The molecule has 27 heavy (non-hydrogen) atoms. The third kappa shape index (κ3) is 3.46. The van der Waals surface area contributed by atoms with Crippen molar-refractivity contribution in [3.63, 3.8) is 0 Å². The SMILES string of the molecule is CC1(C)OB(c2ccc(Cn3cc(O)n(CC4CC4)c3=O)cc2)OC1(C)C. The van der Waals surface area contributed by atoms with Gasteiger partial charge in [0.2, 0.25) is 5.88 Å². The van der Waals surface area contributed by atoms with Crippen LogP contribution in [-0.2, 0) is 22.4 Å². The lowest BCUT2D eigenvalue weighted by Gasteiger charge is -2.32. The second kappa shape index (κ2) is 6.28. The van der Waals surface area contributed by atoms with E-state index in [1.807, 2.05) is 52.0 Å². The van der Waals surface area contributed by atoms with Gasteiger partial charge in [-0.25, -0.2) is 4.79 Å². The Balaban J connectivity index is 1.48. The van der Waals surface area contributed by atoms with Gasteiger partial charge in [-0.3, -0.25) is 9.13 Å². The molecule has 2 fully saturated rings. The maximum absolute atomic E-state index is 12.5. The van der Waals surface area contributed by atoms with Crippen LogP contribution in [0.15, 0.2) is 35.3 Å². The zero-order valence-corrected chi connectivity index (χ0v) is 16.4. The van der Waals surface area contributed by atoms with E-state index in [0.717, 1.165) is 23.9 Å². The van der Waals surface area contributed by atoms with E-state index >= 15 is 0 Å². The summed E-state index contributed by atoms with van der Waals surface area (Å²) < 4.78 is 15.2. The summed E-state index contributed by atoms with van der Waals surface area (Å²) >= 11 is 0. The Kier molecular flexibility index (Phi) is 4.27. The molecule has 7 heteroatoms. The highest BCUT2D eigenvalue weighted by Gasteiger charge is 2.51. The molecule has 1 aromatic carbocycles. The summed E-state index contributed by atoms with van der Waals surface area (Å²) in [6.07, 6.45) is 3.79. The first-order valence-electron chi connectivity index (χ1n) is 9.60. The normalized spacial score (nSPS) is 21.0. The average Bonchev–Trinajstić information content (AvgIpc) is 3.33. The Morgan fingerprint density at radius 3 is 2.26 bits per heavy atom. The summed E-state index contributed by atoms with van der Waals surface area (Å²) in [5.41, 5.74) is 1.05. The summed E-state index contributed by atoms with van der Waals surface area (Å²) in [5, 5.41) is 10.1. The van der Waals surface area contributed by atoms with Crippen LogP contribution >= 0.6 is 0 Å². The molecule has 0 amide bonds. The standard InChI is InChI=1S/C20H27BN2O4/c1-19(2)20(3,4)27-21(26-19)16-9-7-14(8-10-16)11-22-13-17(24)23(18(22)25)12-15-5-6-15/h7-10,13,15,24H,5-6,11-12H2,1-4H3. The molecule has 2 aliphatic rings. The van der Waals surface area contributed by atoms with Crippen LogP contribution in [-0.4, -0.2) is 32.6 Å². The second-order valence-electron chi connectivity index (χ2n) is 8.78. The van der Waals surface area contributed by atoms with Gasteiger partial charge in [0.25, 0.3) is 0 Å². The van der Waals surface area contributed by atoms with Crippen molar-refractivity contribution in [2.75, 3.05) is 0 Å². The molecule has 2 heterocycles. The Labute approximate surface area is 159 Å². The van der Waals surface area contributed by atoms with Gasteiger partial charge >= 0.3 is 12.8 Å². The van der Waals surface area contributed by atoms with Crippen LogP contribution in [0.3, 0.4) is 0 Å². The summed E-state index contributed by atoms with van der Waals surface area (Å²) in [6, 6.07) is 7.90. The molecule has 0 unspecified atom stereocenters. The molecule has 1 N–H and O–H groups in total. The van der Waals surface area contributed by atoms with Gasteiger partial charge in [0, 0.05) is 6.54 Å². The molecule has 4 rings (SSSR count). The molecule has 2 aromatic rings. The zero-order chi connectivity index (χ0) is 19.4. The molecule has 0 radical (unpaired) electrons. The molecule has 0 atom stereocenters. The van der Waals surface area contributed by atoms with Gasteiger partial charge in [0.1, 0.15) is 0 Å². The Bertz CT molecular complexity index is 878. The summed E-state index contributed by atoms with van der Waals surface area (Å²) in [4.78, 5) is 12.5. The van der Waals surface area contributed by atoms with Gasteiger partial charge < -0.3 is 14.4 Å². The minimum absolute atomic E-state index is 0.0424. The Hall–Kier alpha value is -1.99. The van der Waals surface area contributed by atoms with E-state index in [0.29, 0.717) is 19.0 Å². The molecular weight excluding hydrogens is 343 g/mol. The molecule has 1 aliphatic heterocycles. The quantitative estimate of drug-likeness (QED) is 0.819. The molecule has 1 aliphatic carbocycles. The summed E-state index contributed by atoms with van der Waals surface area (Å²) in [7, 11) is -0.393. The van der Waals surface area contributed by atoms with Crippen molar-refractivity contribution < 1.29 is 14.4 Å². The summed E-state index contributed by atoms with van der Waals surface area (Å²) in [5.74, 6) is 0.574. The lowest BCUT2D eigenvalue weighted by Crippen LogP contribution is -2.41. The number of imidazole rings is 1. The predicted molar refractivity (Wildman–Crippen MR) is 104 cm³/mol. The van der Waals surface area contributed by atoms with Crippen LogP contribution in [0.4, 0.5) is 0 Å². The van der Waals surface area contributed by atoms with Crippen LogP contribution in [0.5, 0.6) is 5.88 Å². The number of hydrogen-bond acceptors (Lipinski definition) is 4. The first kappa shape index (κ1) is 18.4. The van der Waals surface area contributed by atoms with Crippen molar-refractivity contribution in [1.82, 2.24) is 9.13 Å². The van der Waals surface area contributed by atoms with Crippen LogP contribution in [0, 0.1) is 5.92 Å². The molecular formula is C20H27BN2O4. The van der Waals surface area contributed by atoms with Crippen LogP contribution in [0.25, 0.3) is 0 Å². The zero-order valence-electron chi connectivity index (χ0n) is 16.4. The van der Waals surface area contributed by atoms with Crippen LogP contribution < -0.4 is 11.2 Å². The predicted octanol–water partition coefficient (Wildman–Crippen LogP) is 2.11. The van der Waals surface area contributed by atoms with E-state index in [9.17, 15) is 9.90 Å². The van der Waals surface area contributed by atoms with Crippen LogP contribution in [0.2, 0.25) is 0 Å². The molecule has 6 nitrogen and oxygen atoms in total. The molecule has 1 saturated heterocycles. The fraction of sp³-hybridized carbons (Fsp3) is 0.550. The molecule has 1 aromatic heterocycles. The topological polar surface area (TPSA) is 65.6 Å². The molecule has 0 bridgehead atoms. The fourth-order valence-electron chi connectivity index (χ4n) is 3.32. The molecule has 0 spiro atoms. The smallest absolute Gasteiger partial charge is 0.493 e. The first-order valence-corrected chi connectivity index (χ1v) is 9.60. The van der Waals surface area contributed by atoms with Crippen LogP contribution in [0.1, 0.15) is 46.1 Å². The fourth-order valence-corrected chi connectivity index (χ4v) is 3.32. The van der Waals surface area contributed by atoms with Crippen molar-refractivity contribution in [2.24, 2.45) is 5.92 Å². The number of rotatable bonds is 5. The summed E-state index contributed by atoms with van der Waals surface area (Å²) in [6.45, 7) is 9.17. The van der Waals surface area contributed by atoms with Crippen molar-refractivity contribution in [2.45, 2.75) is 64.8 Å². The van der Waals surface area contributed by atoms with E-state index in [1.54, 1.807) is 4.57 Å². The van der Waals surface area contributed by atoms with E-state index < -0.39 is 7.12 Å². The third-order valence-electron chi connectivity index (χ3n) is 6.02. The average molecular weight is 370 g/mol. The minimum Gasteiger partial charge on any atom is -0.493 e. The maximum Gasteiger partial charge on any atom is 0.494 e. The third-order valence-corrected chi connectivity index (χ3v) is 6.02. The Morgan fingerprint density at radius 2 is 1.70 bits per heavy atom. The van der Waals surface area contributed by atoms with E-state index in [-0.39, 0.29) is 22.8 Å². The largest absolute Gasteiger partial charge is 0.494 e. The van der Waals surface area contributed by atoms with E-state index in [4.69, 9.17) is 9.31 Å². The number of aromatic hydroxyl groups is 1. The van der Waals surface area contributed by atoms with E-state index in [1.165, 1.54) is 10.8 Å². The highest BCUT2D eigenvalue weighted by Crippen LogP contribution is 2.36. The number of hydrogen-bond donors (Lipinski definition) is 1. The lowest BCUT2D eigenvalue weighted by atomic mass is 9.79. The molecule has 144 valence electrons. The van der Waals surface area contributed by atoms with Crippen molar-refractivity contribution in [1.29, 1.82) is 0 Å². The van der Waals surface area contributed by atoms with Gasteiger partial charge in [0.15, 0.2) is 0 Å². The van der Waals surface area contributed by atoms with Gasteiger partial charge in [-0.15, -0.1) is 0 Å². The number of nitrogens with zero attached hydrogens (tertiary/aromatic N) is 2. The highest BCUT2D eigenvalue weighted by molar-refractivity contribution is 6.62. The van der Waals surface area contributed by atoms with Gasteiger partial charge in [0.05, 0.1) is 23.9 Å². The van der Waals surface area contributed by atoms with Gasteiger partial charge in [-0.05, 0) is 57.5 Å². The minimum atomic E-state index is -0.393. The van der Waals surface area contributed by atoms with Gasteiger partial charge in [-0.2, -0.15) is 0 Å². The number of aromatic nitrogens is 2. The van der Waals surface area contributed by atoms with Gasteiger partial charge in [-0.1, -0.05) is 24.3 Å². The van der Waals surface area contributed by atoms with Crippen molar-refractivity contribution in [3.05, 3.63) is 46.5 Å².